The second kappa shape index (κ2) is 6.24. The zero-order chi connectivity index (χ0) is 17.5. The minimum absolute atomic E-state index is 0.146. The molecule has 3 rings (SSSR count). The van der Waals surface area contributed by atoms with Crippen molar-refractivity contribution in [1.82, 2.24) is 4.90 Å². The summed E-state index contributed by atoms with van der Waals surface area (Å²) in [4.78, 5) is 26.1. The molecule has 6 heteroatoms. The van der Waals surface area contributed by atoms with Gasteiger partial charge in [-0.25, -0.2) is 8.78 Å². The van der Waals surface area contributed by atoms with E-state index in [1.165, 1.54) is 6.07 Å². The molecule has 1 spiro atoms. The number of hydrogen-bond donors (Lipinski definition) is 1. The van der Waals surface area contributed by atoms with Gasteiger partial charge in [0.2, 0.25) is 11.8 Å². The van der Waals surface area contributed by atoms with Gasteiger partial charge in [0.05, 0.1) is 18.1 Å². The lowest BCUT2D eigenvalue weighted by Crippen LogP contribution is -2.39. The van der Waals surface area contributed by atoms with E-state index in [1.807, 2.05) is 0 Å². The number of β-amino-alcohol motifs (C(OH)–C–C–N with tert-alkyl or cyclic N) is 1. The molecular formula is C18H21F2NO3. The van der Waals surface area contributed by atoms with E-state index >= 15 is 0 Å². The van der Waals surface area contributed by atoms with Crippen LogP contribution in [0.1, 0.15) is 50.7 Å². The molecule has 1 atom stereocenters. The number of imide groups is 1. The van der Waals surface area contributed by atoms with Crippen LogP contribution in [-0.4, -0.2) is 28.4 Å². The first-order valence-electron chi connectivity index (χ1n) is 8.30. The van der Waals surface area contributed by atoms with Gasteiger partial charge in [-0.3, -0.25) is 14.5 Å². The fraction of sp³-hybridized carbons (Fsp3) is 0.556. The van der Waals surface area contributed by atoms with Crippen LogP contribution in [0.4, 0.5) is 8.78 Å². The highest BCUT2D eigenvalue weighted by molar-refractivity contribution is 6.06. The normalized spacial score (nSPS) is 28.7. The molecule has 0 radical (unpaired) electrons. The van der Waals surface area contributed by atoms with Gasteiger partial charge in [0.25, 0.3) is 0 Å². The number of aliphatic hydroxyl groups is 1. The third-order valence-corrected chi connectivity index (χ3v) is 5.40. The van der Waals surface area contributed by atoms with Gasteiger partial charge in [0, 0.05) is 6.42 Å². The van der Waals surface area contributed by atoms with Crippen molar-refractivity contribution in [2.45, 2.75) is 45.1 Å². The number of aliphatic hydroxyl groups excluding tert-OH is 1. The number of benzene rings is 1. The molecular weight excluding hydrogens is 316 g/mol. The quantitative estimate of drug-likeness (QED) is 0.863. The van der Waals surface area contributed by atoms with E-state index in [1.54, 1.807) is 0 Å². The van der Waals surface area contributed by atoms with Crippen molar-refractivity contribution < 1.29 is 23.5 Å². The molecule has 1 aromatic rings. The predicted molar refractivity (Wildman–Crippen MR) is 82.7 cm³/mol. The number of nitrogens with zero attached hydrogens (tertiary/aromatic N) is 1. The van der Waals surface area contributed by atoms with Crippen molar-refractivity contribution in [2.75, 3.05) is 6.54 Å². The third kappa shape index (κ3) is 2.95. The second-order valence-corrected chi connectivity index (χ2v) is 7.14. The molecule has 4 nitrogen and oxygen atoms in total. The number of amides is 2. The minimum Gasteiger partial charge on any atom is -0.387 e. The largest absolute Gasteiger partial charge is 0.387 e. The van der Waals surface area contributed by atoms with Crippen molar-refractivity contribution in [3.63, 3.8) is 0 Å². The lowest BCUT2D eigenvalue weighted by molar-refractivity contribution is -0.144. The number of carbonyl (C=O) groups is 2. The molecule has 1 saturated carbocycles. The SMILES string of the molecule is CC1CCC2(CC1)CC(=O)N(CC(O)c1ccc(F)c(F)c1)C2=O. The van der Waals surface area contributed by atoms with Crippen LogP contribution in [-0.2, 0) is 9.59 Å². The Balaban J connectivity index is 1.74. The molecule has 2 amide bonds. The first-order valence-corrected chi connectivity index (χ1v) is 8.30. The van der Waals surface area contributed by atoms with Crippen LogP contribution in [0.25, 0.3) is 0 Å². The second-order valence-electron chi connectivity index (χ2n) is 7.14. The molecule has 2 fully saturated rings. The number of halogens is 2. The zero-order valence-electron chi connectivity index (χ0n) is 13.6. The summed E-state index contributed by atoms with van der Waals surface area (Å²) < 4.78 is 26.3. The molecule has 1 aliphatic carbocycles. The van der Waals surface area contributed by atoms with E-state index < -0.39 is 23.2 Å². The Bertz CT molecular complexity index is 668. The maximum atomic E-state index is 13.3. The molecule has 1 N–H and O–H groups in total. The molecule has 0 aromatic heterocycles. The minimum atomic E-state index is -1.23. The monoisotopic (exact) mass is 337 g/mol. The number of hydrogen-bond acceptors (Lipinski definition) is 3. The molecule has 1 unspecified atom stereocenters. The Kier molecular flexibility index (Phi) is 4.42. The summed E-state index contributed by atoms with van der Waals surface area (Å²) in [6, 6.07) is 3.07. The molecule has 24 heavy (non-hydrogen) atoms. The Morgan fingerprint density at radius 1 is 1.25 bits per heavy atom. The van der Waals surface area contributed by atoms with Gasteiger partial charge in [-0.05, 0) is 49.3 Å². The maximum Gasteiger partial charge on any atom is 0.236 e. The van der Waals surface area contributed by atoms with E-state index in [0.717, 1.165) is 29.9 Å². The van der Waals surface area contributed by atoms with Gasteiger partial charge in [-0.2, -0.15) is 0 Å². The lowest BCUT2D eigenvalue weighted by Gasteiger charge is -2.33. The molecule has 1 heterocycles. The molecule has 0 bridgehead atoms. The van der Waals surface area contributed by atoms with Gasteiger partial charge < -0.3 is 5.11 Å². The van der Waals surface area contributed by atoms with Gasteiger partial charge >= 0.3 is 0 Å². The fourth-order valence-electron chi connectivity index (χ4n) is 3.75. The van der Waals surface area contributed by atoms with Crippen molar-refractivity contribution in [2.24, 2.45) is 11.3 Å². The van der Waals surface area contributed by atoms with Crippen LogP contribution < -0.4 is 0 Å². The van der Waals surface area contributed by atoms with Crippen molar-refractivity contribution in [3.05, 3.63) is 35.4 Å². The fourth-order valence-corrected chi connectivity index (χ4v) is 3.75. The predicted octanol–water partition coefficient (Wildman–Crippen LogP) is 2.95. The first kappa shape index (κ1) is 17.0. The standard InChI is InChI=1S/C18H21F2NO3/c1-11-4-6-18(7-5-11)9-16(23)21(17(18)24)10-15(22)12-2-3-13(19)14(20)8-12/h2-3,8,11,15,22H,4-7,9-10H2,1H3. The van der Waals surface area contributed by atoms with Gasteiger partial charge in [0.1, 0.15) is 0 Å². The summed E-state index contributed by atoms with van der Waals surface area (Å²) in [7, 11) is 0. The first-order chi connectivity index (χ1) is 11.3. The smallest absolute Gasteiger partial charge is 0.236 e. The molecule has 130 valence electrons. The van der Waals surface area contributed by atoms with E-state index in [0.29, 0.717) is 18.8 Å². The highest BCUT2D eigenvalue weighted by atomic mass is 19.2. The molecule has 1 aromatic carbocycles. The van der Waals surface area contributed by atoms with Crippen LogP contribution in [0.15, 0.2) is 18.2 Å². The van der Waals surface area contributed by atoms with Crippen LogP contribution in [0.2, 0.25) is 0 Å². The lowest BCUT2D eigenvalue weighted by atomic mass is 9.70. The highest BCUT2D eigenvalue weighted by Gasteiger charge is 2.52. The average molecular weight is 337 g/mol. The molecule has 1 saturated heterocycles. The summed E-state index contributed by atoms with van der Waals surface area (Å²) >= 11 is 0. The highest BCUT2D eigenvalue weighted by Crippen LogP contribution is 2.47. The summed E-state index contributed by atoms with van der Waals surface area (Å²) in [5.41, 5.74) is -0.482. The topological polar surface area (TPSA) is 57.6 Å². The zero-order valence-corrected chi connectivity index (χ0v) is 13.6. The maximum absolute atomic E-state index is 13.3. The third-order valence-electron chi connectivity index (χ3n) is 5.40. The summed E-state index contributed by atoms with van der Waals surface area (Å²) in [6.07, 6.45) is 2.17. The number of likely N-dealkylation sites (tertiary alicyclic amines) is 1. The Morgan fingerprint density at radius 2 is 1.92 bits per heavy atom. The average Bonchev–Trinajstić information content (AvgIpc) is 2.77. The van der Waals surface area contributed by atoms with E-state index in [2.05, 4.69) is 6.92 Å². The number of rotatable bonds is 3. The van der Waals surface area contributed by atoms with Gasteiger partial charge in [-0.1, -0.05) is 13.0 Å². The summed E-state index contributed by atoms with van der Waals surface area (Å²) in [5, 5.41) is 10.2. The van der Waals surface area contributed by atoms with Crippen LogP contribution in [0.3, 0.4) is 0 Å². The van der Waals surface area contributed by atoms with E-state index in [-0.39, 0.29) is 30.3 Å². The van der Waals surface area contributed by atoms with Crippen molar-refractivity contribution >= 4 is 11.8 Å². The Labute approximate surface area is 139 Å². The van der Waals surface area contributed by atoms with E-state index in [4.69, 9.17) is 0 Å². The summed E-state index contributed by atoms with van der Waals surface area (Å²) in [6.45, 7) is 1.92. The Hall–Kier alpha value is -1.82. The van der Waals surface area contributed by atoms with Gasteiger partial charge in [0.15, 0.2) is 11.6 Å². The van der Waals surface area contributed by atoms with E-state index in [9.17, 15) is 23.5 Å². The van der Waals surface area contributed by atoms with Crippen LogP contribution >= 0.6 is 0 Å². The van der Waals surface area contributed by atoms with Crippen LogP contribution in [0.5, 0.6) is 0 Å². The van der Waals surface area contributed by atoms with Crippen molar-refractivity contribution in [1.29, 1.82) is 0 Å². The number of carbonyl (C=O) groups excluding carboxylic acids is 2. The molecule has 2 aliphatic rings. The summed E-state index contributed by atoms with van der Waals surface area (Å²) in [5.74, 6) is -2.05. The Morgan fingerprint density at radius 3 is 2.54 bits per heavy atom. The van der Waals surface area contributed by atoms with Crippen LogP contribution in [0, 0.1) is 23.0 Å². The van der Waals surface area contributed by atoms with Gasteiger partial charge in [-0.15, -0.1) is 0 Å². The molecule has 1 aliphatic heterocycles. The van der Waals surface area contributed by atoms with Crippen molar-refractivity contribution in [3.8, 4) is 0 Å².